The molecule has 0 aromatic carbocycles. The summed E-state index contributed by atoms with van der Waals surface area (Å²) < 4.78 is 0. The van der Waals surface area contributed by atoms with Crippen molar-refractivity contribution in [2.75, 3.05) is 0 Å². The third-order valence-electron chi connectivity index (χ3n) is 4.24. The fourth-order valence-electron chi connectivity index (χ4n) is 3.19. The molecule has 2 atom stereocenters. The normalized spacial score (nSPS) is 33.9. The van der Waals surface area contributed by atoms with Crippen molar-refractivity contribution >= 4 is 17.4 Å². The Labute approximate surface area is 106 Å². The van der Waals surface area contributed by atoms with Gasteiger partial charge in [0.25, 0.3) is 0 Å². The molecule has 2 unspecified atom stereocenters. The summed E-state index contributed by atoms with van der Waals surface area (Å²) in [7, 11) is 0. The van der Waals surface area contributed by atoms with Gasteiger partial charge in [0.05, 0.1) is 17.3 Å². The molecule has 2 aliphatic carbocycles. The molecule has 0 amide bonds. The molecule has 0 bridgehead atoms. The summed E-state index contributed by atoms with van der Waals surface area (Å²) >= 11 is 0. The highest BCUT2D eigenvalue weighted by atomic mass is 16.7. The summed E-state index contributed by atoms with van der Waals surface area (Å²) in [6.07, 6.45) is 6.78. The molecule has 5 heteroatoms. The molecule has 2 saturated carbocycles. The van der Waals surface area contributed by atoms with Crippen molar-refractivity contribution in [2.45, 2.75) is 57.5 Å². The van der Waals surface area contributed by atoms with Crippen LogP contribution < -0.4 is 0 Å². The summed E-state index contributed by atoms with van der Waals surface area (Å²) in [4.78, 5) is 22.7. The van der Waals surface area contributed by atoms with Crippen LogP contribution in [0.4, 0.5) is 0 Å². The molecule has 18 heavy (non-hydrogen) atoms. The fourth-order valence-corrected chi connectivity index (χ4v) is 3.19. The molecule has 2 fully saturated rings. The standard InChI is InChI=1S/C13H18N2O3/c1-9-11-7-4-8-13(11,18-14-9)12(16)17-15-10-5-2-3-6-10/h11H,2-8H2,1H3. The lowest BCUT2D eigenvalue weighted by Crippen LogP contribution is -2.43. The van der Waals surface area contributed by atoms with Gasteiger partial charge in [0.2, 0.25) is 5.60 Å². The van der Waals surface area contributed by atoms with Gasteiger partial charge in [-0.05, 0) is 45.4 Å². The van der Waals surface area contributed by atoms with Gasteiger partial charge in [0.15, 0.2) is 0 Å². The maximum atomic E-state index is 12.2. The minimum absolute atomic E-state index is 0.0776. The SMILES string of the molecule is CC1=NOC2(C(=O)ON=C3CCCC3)CCCC12. The van der Waals surface area contributed by atoms with E-state index in [0.29, 0.717) is 6.42 Å². The number of carbonyl (C=O) groups excluding carboxylic acids is 1. The molecule has 0 aromatic rings. The van der Waals surface area contributed by atoms with Crippen molar-refractivity contribution in [3.8, 4) is 0 Å². The van der Waals surface area contributed by atoms with Crippen molar-refractivity contribution in [1.29, 1.82) is 0 Å². The zero-order valence-corrected chi connectivity index (χ0v) is 10.6. The van der Waals surface area contributed by atoms with Crippen LogP contribution in [0.15, 0.2) is 10.3 Å². The molecular weight excluding hydrogens is 232 g/mol. The lowest BCUT2D eigenvalue weighted by molar-refractivity contribution is -0.172. The molecule has 5 nitrogen and oxygen atoms in total. The van der Waals surface area contributed by atoms with E-state index < -0.39 is 5.60 Å². The molecule has 0 radical (unpaired) electrons. The third-order valence-corrected chi connectivity index (χ3v) is 4.24. The zero-order chi connectivity index (χ0) is 12.6. The van der Waals surface area contributed by atoms with Crippen LogP contribution in [0, 0.1) is 5.92 Å². The topological polar surface area (TPSA) is 60.2 Å². The average Bonchev–Trinajstić information content (AvgIpc) is 3.05. The Morgan fingerprint density at radius 1 is 1.44 bits per heavy atom. The van der Waals surface area contributed by atoms with E-state index >= 15 is 0 Å². The van der Waals surface area contributed by atoms with Crippen molar-refractivity contribution in [3.05, 3.63) is 0 Å². The van der Waals surface area contributed by atoms with Crippen LogP contribution in [0.3, 0.4) is 0 Å². The van der Waals surface area contributed by atoms with Gasteiger partial charge >= 0.3 is 5.97 Å². The van der Waals surface area contributed by atoms with E-state index in [1.54, 1.807) is 0 Å². The maximum Gasteiger partial charge on any atom is 0.381 e. The first-order valence-electron chi connectivity index (χ1n) is 6.72. The van der Waals surface area contributed by atoms with Crippen LogP contribution in [-0.2, 0) is 14.5 Å². The summed E-state index contributed by atoms with van der Waals surface area (Å²) in [6.45, 7) is 1.91. The van der Waals surface area contributed by atoms with Gasteiger partial charge < -0.3 is 9.68 Å². The number of hydrogen-bond acceptors (Lipinski definition) is 5. The summed E-state index contributed by atoms with van der Waals surface area (Å²) in [5.41, 5.74) is 1.01. The second-order valence-electron chi connectivity index (χ2n) is 5.40. The summed E-state index contributed by atoms with van der Waals surface area (Å²) in [5, 5.41) is 7.95. The van der Waals surface area contributed by atoms with Gasteiger partial charge in [-0.3, -0.25) is 0 Å². The largest absolute Gasteiger partial charge is 0.381 e. The number of fused-ring (bicyclic) bond motifs is 1. The van der Waals surface area contributed by atoms with Crippen LogP contribution in [0.2, 0.25) is 0 Å². The lowest BCUT2D eigenvalue weighted by atomic mass is 9.88. The number of rotatable bonds is 2. The number of oxime groups is 2. The average molecular weight is 250 g/mol. The van der Waals surface area contributed by atoms with E-state index in [9.17, 15) is 4.79 Å². The lowest BCUT2D eigenvalue weighted by Gasteiger charge is -2.22. The Hall–Kier alpha value is -1.39. The van der Waals surface area contributed by atoms with E-state index in [1.165, 1.54) is 0 Å². The number of hydrogen-bond donors (Lipinski definition) is 0. The summed E-state index contributed by atoms with van der Waals surface area (Å²) in [6, 6.07) is 0. The minimum Gasteiger partial charge on any atom is -0.376 e. The highest BCUT2D eigenvalue weighted by molar-refractivity contribution is 5.95. The van der Waals surface area contributed by atoms with Gasteiger partial charge in [-0.15, -0.1) is 0 Å². The van der Waals surface area contributed by atoms with Crippen molar-refractivity contribution in [3.63, 3.8) is 0 Å². The molecule has 0 spiro atoms. The van der Waals surface area contributed by atoms with Gasteiger partial charge in [0, 0.05) is 6.42 Å². The minimum atomic E-state index is -0.882. The smallest absolute Gasteiger partial charge is 0.376 e. The maximum absolute atomic E-state index is 12.2. The van der Waals surface area contributed by atoms with Crippen LogP contribution >= 0.6 is 0 Å². The molecular formula is C13H18N2O3. The molecule has 3 rings (SSSR count). The number of carbonyl (C=O) groups is 1. The Morgan fingerprint density at radius 3 is 3.00 bits per heavy atom. The van der Waals surface area contributed by atoms with E-state index in [2.05, 4.69) is 10.3 Å². The first-order valence-corrected chi connectivity index (χ1v) is 6.72. The second kappa shape index (κ2) is 4.37. The van der Waals surface area contributed by atoms with E-state index in [1.807, 2.05) is 6.92 Å². The van der Waals surface area contributed by atoms with Gasteiger partial charge in [-0.2, -0.15) is 0 Å². The first kappa shape index (κ1) is 11.7. The van der Waals surface area contributed by atoms with Gasteiger partial charge in [-0.25, -0.2) is 4.79 Å². The van der Waals surface area contributed by atoms with Crippen LogP contribution in [0.5, 0.6) is 0 Å². The molecule has 3 aliphatic rings. The third kappa shape index (κ3) is 1.72. The Kier molecular flexibility index (Phi) is 2.84. The zero-order valence-electron chi connectivity index (χ0n) is 10.6. The van der Waals surface area contributed by atoms with Crippen LogP contribution in [-0.4, -0.2) is 23.0 Å². The van der Waals surface area contributed by atoms with Crippen molar-refractivity contribution in [1.82, 2.24) is 0 Å². The quantitative estimate of drug-likeness (QED) is 0.558. The van der Waals surface area contributed by atoms with Crippen LogP contribution in [0.1, 0.15) is 51.9 Å². The van der Waals surface area contributed by atoms with Crippen molar-refractivity contribution in [2.24, 2.45) is 16.2 Å². The van der Waals surface area contributed by atoms with E-state index in [0.717, 1.165) is 49.9 Å². The predicted octanol–water partition coefficient (Wildman–Crippen LogP) is 2.40. The van der Waals surface area contributed by atoms with Gasteiger partial charge in [-0.1, -0.05) is 10.3 Å². The Balaban J connectivity index is 1.70. The monoisotopic (exact) mass is 250 g/mol. The van der Waals surface area contributed by atoms with Crippen molar-refractivity contribution < 1.29 is 14.5 Å². The predicted molar refractivity (Wildman–Crippen MR) is 66.3 cm³/mol. The highest BCUT2D eigenvalue weighted by Crippen LogP contribution is 2.44. The Morgan fingerprint density at radius 2 is 2.22 bits per heavy atom. The van der Waals surface area contributed by atoms with E-state index in [-0.39, 0.29) is 11.9 Å². The van der Waals surface area contributed by atoms with E-state index in [4.69, 9.17) is 9.68 Å². The second-order valence-corrected chi connectivity index (χ2v) is 5.40. The molecule has 98 valence electrons. The first-order chi connectivity index (χ1) is 8.72. The van der Waals surface area contributed by atoms with Crippen LogP contribution in [0.25, 0.3) is 0 Å². The Bertz CT molecular complexity index is 422. The molecule has 0 saturated heterocycles. The van der Waals surface area contributed by atoms with Gasteiger partial charge in [0.1, 0.15) is 0 Å². The number of nitrogens with zero attached hydrogens (tertiary/aromatic N) is 2. The highest BCUT2D eigenvalue weighted by Gasteiger charge is 2.58. The summed E-state index contributed by atoms with van der Waals surface area (Å²) in [5.74, 6) is -0.293. The molecule has 1 aliphatic heterocycles. The molecule has 0 aromatic heterocycles. The molecule has 1 heterocycles. The molecule has 0 N–H and O–H groups in total. The fraction of sp³-hybridized carbons (Fsp3) is 0.769.